The first-order chi connectivity index (χ1) is 34.1. The molecule has 0 saturated carbocycles. The number of ether oxygens (including phenoxy) is 4. The number of hydrogen-bond acceptors (Lipinski definition) is 14. The SMILES string of the molecule is COc1cc(-c2cn(C)c(=O)c3cnccc23)cc(OC)c1CN1CCN(CCCCCOCCOCC(=O)NC(C(=O)N2CC(O)CC2C(=O)NCc2ccc(-c3scnc3C)cc2)C(C)(C)C)CC1. The summed E-state index contributed by atoms with van der Waals surface area (Å²) in [7, 11) is 5.10. The zero-order chi connectivity index (χ0) is 50.7. The van der Waals surface area contributed by atoms with Gasteiger partial charge in [-0.2, -0.15) is 0 Å². The molecule has 3 amide bonds. The van der Waals surface area contributed by atoms with Crippen molar-refractivity contribution in [3.05, 3.63) is 93.7 Å². The number of amides is 3. The Hall–Kier alpha value is -5.76. The lowest BCUT2D eigenvalue weighted by Crippen LogP contribution is -2.58. The molecule has 2 aromatic carbocycles. The number of aliphatic hydroxyl groups excluding tert-OH is 1. The van der Waals surface area contributed by atoms with E-state index in [0.717, 1.165) is 107 Å². The number of hydrogen-bond donors (Lipinski definition) is 3. The van der Waals surface area contributed by atoms with Gasteiger partial charge < -0.3 is 49.1 Å². The van der Waals surface area contributed by atoms with Gasteiger partial charge in [0.15, 0.2) is 0 Å². The summed E-state index contributed by atoms with van der Waals surface area (Å²) in [6.45, 7) is 14.2. The van der Waals surface area contributed by atoms with E-state index in [4.69, 9.17) is 18.9 Å². The second kappa shape index (κ2) is 24.6. The van der Waals surface area contributed by atoms with Crippen LogP contribution in [-0.2, 0) is 44.0 Å². The van der Waals surface area contributed by atoms with E-state index in [0.29, 0.717) is 25.1 Å². The summed E-state index contributed by atoms with van der Waals surface area (Å²) in [6.07, 6.45) is 7.42. The molecule has 2 saturated heterocycles. The van der Waals surface area contributed by atoms with Gasteiger partial charge in [-0.25, -0.2) is 4.98 Å². The highest BCUT2D eigenvalue weighted by Gasteiger charge is 2.44. The Balaban J connectivity index is 0.769. The highest BCUT2D eigenvalue weighted by Crippen LogP contribution is 2.38. The van der Waals surface area contributed by atoms with E-state index >= 15 is 0 Å². The van der Waals surface area contributed by atoms with Crippen LogP contribution < -0.4 is 25.7 Å². The molecule has 0 bridgehead atoms. The van der Waals surface area contributed by atoms with E-state index in [2.05, 4.69) is 30.4 Å². The number of nitrogens with one attached hydrogen (secondary N) is 2. The van der Waals surface area contributed by atoms with Gasteiger partial charge in [-0.1, -0.05) is 45.0 Å². The van der Waals surface area contributed by atoms with Gasteiger partial charge in [0.1, 0.15) is 30.2 Å². The van der Waals surface area contributed by atoms with Crippen LogP contribution in [0.2, 0.25) is 0 Å². The topological polar surface area (TPSA) is 190 Å². The number of fused-ring (bicyclic) bond motifs is 1. The molecule has 0 aliphatic carbocycles. The molecule has 5 heterocycles. The number of aromatic nitrogens is 3. The number of unbranched alkanes of at least 4 members (excludes halogenated alkanes) is 2. The Morgan fingerprint density at radius 3 is 2.28 bits per heavy atom. The molecule has 5 aromatic rings. The van der Waals surface area contributed by atoms with Crippen molar-refractivity contribution in [1.29, 1.82) is 0 Å². The van der Waals surface area contributed by atoms with E-state index < -0.39 is 35.4 Å². The Morgan fingerprint density at radius 1 is 0.901 bits per heavy atom. The summed E-state index contributed by atoms with van der Waals surface area (Å²) in [5.74, 6) is 0.252. The number of thiazole rings is 1. The maximum atomic E-state index is 14.0. The van der Waals surface area contributed by atoms with E-state index in [1.807, 2.05) is 81.9 Å². The van der Waals surface area contributed by atoms with Crippen molar-refractivity contribution in [2.45, 2.75) is 84.7 Å². The van der Waals surface area contributed by atoms with Gasteiger partial charge in [-0.3, -0.25) is 29.1 Å². The Labute approximate surface area is 420 Å². The molecule has 7 rings (SSSR count). The number of aliphatic hydroxyl groups is 1. The third kappa shape index (κ3) is 13.6. The van der Waals surface area contributed by atoms with Crippen LogP contribution in [-0.4, -0.2) is 150 Å². The summed E-state index contributed by atoms with van der Waals surface area (Å²) < 4.78 is 24.8. The number of carbonyl (C=O) groups is 3. The van der Waals surface area contributed by atoms with Crippen LogP contribution >= 0.6 is 11.3 Å². The monoisotopic (exact) mass is 994 g/mol. The minimum Gasteiger partial charge on any atom is -0.496 e. The molecule has 2 aliphatic rings. The number of benzene rings is 2. The average Bonchev–Trinajstić information content (AvgIpc) is 3.99. The van der Waals surface area contributed by atoms with E-state index in [1.54, 1.807) is 49.6 Å². The molecule has 3 atom stereocenters. The number of nitrogens with zero attached hydrogens (tertiary/aromatic N) is 6. The molecular weight excluding hydrogens is 925 g/mol. The molecule has 3 aromatic heterocycles. The number of piperazine rings is 1. The van der Waals surface area contributed by atoms with Gasteiger partial charge in [0.05, 0.1) is 60.6 Å². The fourth-order valence-corrected chi connectivity index (χ4v) is 10.1. The van der Waals surface area contributed by atoms with Crippen molar-refractivity contribution in [1.82, 2.24) is 39.9 Å². The summed E-state index contributed by atoms with van der Waals surface area (Å²) >= 11 is 1.58. The number of rotatable bonds is 22. The number of likely N-dealkylation sites (tertiary alicyclic amines) is 1. The van der Waals surface area contributed by atoms with Crippen molar-refractivity contribution in [3.8, 4) is 33.1 Å². The summed E-state index contributed by atoms with van der Waals surface area (Å²) in [4.78, 5) is 69.2. The molecule has 18 heteroatoms. The first kappa shape index (κ1) is 53.0. The van der Waals surface area contributed by atoms with E-state index in [-0.39, 0.29) is 44.2 Å². The molecule has 3 unspecified atom stereocenters. The van der Waals surface area contributed by atoms with Crippen molar-refractivity contribution in [2.75, 3.05) is 79.9 Å². The molecule has 3 N–H and O–H groups in total. The zero-order valence-corrected chi connectivity index (χ0v) is 43.0. The highest BCUT2D eigenvalue weighted by molar-refractivity contribution is 7.13. The minimum atomic E-state index is -0.944. The second-order valence-corrected chi connectivity index (χ2v) is 20.4. The van der Waals surface area contributed by atoms with Crippen LogP contribution in [0, 0.1) is 12.3 Å². The first-order valence-corrected chi connectivity index (χ1v) is 25.4. The molecule has 0 spiro atoms. The Bertz CT molecular complexity index is 2630. The number of pyridine rings is 2. The van der Waals surface area contributed by atoms with Gasteiger partial charge in [-0.15, -0.1) is 11.3 Å². The van der Waals surface area contributed by atoms with E-state index in [9.17, 15) is 24.3 Å². The summed E-state index contributed by atoms with van der Waals surface area (Å²) in [6, 6.07) is 12.0. The van der Waals surface area contributed by atoms with Gasteiger partial charge in [0, 0.05) is 90.0 Å². The summed E-state index contributed by atoms with van der Waals surface area (Å²) in [5.41, 5.74) is 6.76. The largest absolute Gasteiger partial charge is 0.496 e. The zero-order valence-electron chi connectivity index (χ0n) is 42.2. The highest BCUT2D eigenvalue weighted by atomic mass is 32.1. The standard InChI is InChI=1S/C53H70N8O9S/c1-35-48(71-34-56-35)37-13-11-36(12-14-37)28-55-50(64)44-27-39(62)30-61(44)52(66)49(53(2,3)4)57-47(63)33-70-24-23-69-22-10-8-9-17-59-18-20-60(21-19-59)32-43-45(67-6)25-38(26-46(43)68-7)42-31-58(5)51(65)41-29-54-16-15-40(41)42/h11-16,25-26,29,31,34,39,44,49,62H,8-10,17-24,27-28,30,32-33H2,1-7H3,(H,55,64)(H,57,63). The maximum absolute atomic E-state index is 14.0. The van der Waals surface area contributed by atoms with Crippen molar-refractivity contribution < 1.29 is 38.4 Å². The van der Waals surface area contributed by atoms with Crippen molar-refractivity contribution in [2.24, 2.45) is 12.5 Å². The predicted octanol–water partition coefficient (Wildman–Crippen LogP) is 5.18. The van der Waals surface area contributed by atoms with Crippen molar-refractivity contribution in [3.63, 3.8) is 0 Å². The third-order valence-electron chi connectivity index (χ3n) is 13.3. The lowest BCUT2D eigenvalue weighted by atomic mass is 9.85. The minimum absolute atomic E-state index is 0.00300. The number of aryl methyl sites for hydroxylation is 2. The smallest absolute Gasteiger partial charge is 0.259 e. The maximum Gasteiger partial charge on any atom is 0.259 e. The second-order valence-electron chi connectivity index (χ2n) is 19.5. The molecule has 71 heavy (non-hydrogen) atoms. The van der Waals surface area contributed by atoms with Crippen LogP contribution in [0.25, 0.3) is 32.3 Å². The molecule has 2 fully saturated rings. The molecule has 0 radical (unpaired) electrons. The molecule has 17 nitrogen and oxygen atoms in total. The predicted molar refractivity (Wildman–Crippen MR) is 274 cm³/mol. The van der Waals surface area contributed by atoms with Gasteiger partial charge in [0.2, 0.25) is 17.7 Å². The van der Waals surface area contributed by atoms with Crippen LogP contribution in [0.1, 0.15) is 63.3 Å². The van der Waals surface area contributed by atoms with Gasteiger partial charge >= 0.3 is 0 Å². The Morgan fingerprint density at radius 2 is 1.61 bits per heavy atom. The quantitative estimate of drug-likeness (QED) is 0.0771. The van der Waals surface area contributed by atoms with Gasteiger partial charge in [0.25, 0.3) is 5.56 Å². The van der Waals surface area contributed by atoms with Crippen LogP contribution in [0.3, 0.4) is 0 Å². The fourth-order valence-electron chi connectivity index (χ4n) is 9.32. The van der Waals surface area contributed by atoms with Crippen molar-refractivity contribution >= 4 is 39.8 Å². The lowest BCUT2D eigenvalue weighted by Gasteiger charge is -2.35. The third-order valence-corrected chi connectivity index (χ3v) is 14.3. The van der Waals surface area contributed by atoms with E-state index in [1.165, 1.54) is 4.90 Å². The fraction of sp³-hybridized carbons (Fsp3) is 0.509. The van der Waals surface area contributed by atoms with Gasteiger partial charge in [-0.05, 0) is 78.4 Å². The Kier molecular flexibility index (Phi) is 18.4. The van der Waals surface area contributed by atoms with Crippen LogP contribution in [0.4, 0.5) is 0 Å². The molecule has 382 valence electrons. The number of β-amino-alcohol motifs (C(OH)–C–C–N with tert-alkyl or cyclic N) is 1. The normalized spacial score (nSPS) is 17.1. The number of carbonyl (C=O) groups excluding carboxylic acids is 3. The summed E-state index contributed by atoms with van der Waals surface area (Å²) in [5, 5.41) is 17.7. The molecular formula is C53H70N8O9S. The first-order valence-electron chi connectivity index (χ1n) is 24.5. The van der Waals surface area contributed by atoms with Crippen LogP contribution in [0.5, 0.6) is 11.5 Å². The lowest BCUT2D eigenvalue weighted by molar-refractivity contribution is -0.144. The number of methoxy groups -OCH3 is 2. The van der Waals surface area contributed by atoms with Crippen LogP contribution in [0.15, 0.2) is 71.4 Å². The molecule has 2 aliphatic heterocycles. The average molecular weight is 995 g/mol.